The maximum absolute atomic E-state index is 11.1. The molecule has 0 saturated carbocycles. The van der Waals surface area contributed by atoms with Crippen molar-refractivity contribution in [1.29, 1.82) is 0 Å². The van der Waals surface area contributed by atoms with Crippen LogP contribution in [0.2, 0.25) is 0 Å². The first-order chi connectivity index (χ1) is 16.6. The third kappa shape index (κ3) is 5.80. The van der Waals surface area contributed by atoms with Crippen LogP contribution in [0.4, 0.5) is 0 Å². The predicted molar refractivity (Wildman–Crippen MR) is 148 cm³/mol. The van der Waals surface area contributed by atoms with Crippen LogP contribution in [0.5, 0.6) is 23.0 Å². The molecule has 3 rings (SSSR count). The number of aromatic hydroxyl groups is 4. The molecule has 0 bridgehead atoms. The van der Waals surface area contributed by atoms with Crippen molar-refractivity contribution < 1.29 is 20.4 Å². The maximum Gasteiger partial charge on any atom is 0.121 e. The third-order valence-electron chi connectivity index (χ3n) is 7.75. The van der Waals surface area contributed by atoms with Crippen LogP contribution in [-0.2, 0) is 23.7 Å². The highest BCUT2D eigenvalue weighted by Gasteiger charge is 2.30. The van der Waals surface area contributed by atoms with Gasteiger partial charge in [-0.25, -0.2) is 0 Å². The van der Waals surface area contributed by atoms with Gasteiger partial charge in [-0.2, -0.15) is 0 Å². The normalized spacial score (nSPS) is 12.2. The van der Waals surface area contributed by atoms with Gasteiger partial charge in [-0.15, -0.1) is 0 Å². The van der Waals surface area contributed by atoms with Crippen LogP contribution in [0, 0.1) is 27.7 Å². The molecule has 0 aliphatic rings. The lowest BCUT2D eigenvalue weighted by atomic mass is 9.75. The summed E-state index contributed by atoms with van der Waals surface area (Å²) in [7, 11) is 0. The van der Waals surface area contributed by atoms with Crippen molar-refractivity contribution in [3.63, 3.8) is 0 Å². The second-order valence-electron chi connectivity index (χ2n) is 11.8. The highest BCUT2D eigenvalue weighted by atomic mass is 16.3. The van der Waals surface area contributed by atoms with Crippen molar-refractivity contribution in [2.24, 2.45) is 0 Å². The Morgan fingerprint density at radius 2 is 0.778 bits per heavy atom. The van der Waals surface area contributed by atoms with Gasteiger partial charge >= 0.3 is 0 Å². The summed E-state index contributed by atoms with van der Waals surface area (Å²) in [5.74, 6) is 1.09. The van der Waals surface area contributed by atoms with E-state index in [1.807, 2.05) is 52.0 Å². The molecule has 0 radical (unpaired) electrons. The number of hydrogen-bond donors (Lipinski definition) is 4. The summed E-state index contributed by atoms with van der Waals surface area (Å²) in [4.78, 5) is 0. The van der Waals surface area contributed by atoms with E-state index >= 15 is 0 Å². The molecular weight excluding hydrogens is 448 g/mol. The minimum absolute atomic E-state index is 0.204. The van der Waals surface area contributed by atoms with Crippen molar-refractivity contribution >= 4 is 0 Å². The summed E-state index contributed by atoms with van der Waals surface area (Å²) in [6.45, 7) is 16.0. The quantitative estimate of drug-likeness (QED) is 0.246. The number of rotatable bonds is 8. The summed E-state index contributed by atoms with van der Waals surface area (Å²) in [6, 6.07) is 11.5. The molecule has 0 amide bonds. The van der Waals surface area contributed by atoms with Crippen LogP contribution in [0.1, 0.15) is 85.0 Å². The lowest BCUT2D eigenvalue weighted by Gasteiger charge is -2.31. The second kappa shape index (κ2) is 10.1. The van der Waals surface area contributed by atoms with E-state index in [0.717, 1.165) is 70.2 Å². The highest BCUT2D eigenvalue weighted by Crippen LogP contribution is 2.43. The van der Waals surface area contributed by atoms with Gasteiger partial charge in [-0.1, -0.05) is 52.0 Å². The average molecular weight is 491 g/mol. The van der Waals surface area contributed by atoms with Gasteiger partial charge in [0.05, 0.1) is 0 Å². The fourth-order valence-electron chi connectivity index (χ4n) is 5.22. The molecule has 0 aromatic heterocycles. The van der Waals surface area contributed by atoms with E-state index in [9.17, 15) is 20.4 Å². The largest absolute Gasteiger partial charge is 0.508 e. The Bertz CT molecular complexity index is 1120. The van der Waals surface area contributed by atoms with Gasteiger partial charge < -0.3 is 20.4 Å². The summed E-state index contributed by atoms with van der Waals surface area (Å²) in [5, 5.41) is 42.2. The van der Waals surface area contributed by atoms with E-state index < -0.39 is 0 Å². The zero-order chi connectivity index (χ0) is 27.0. The molecule has 194 valence electrons. The molecule has 36 heavy (non-hydrogen) atoms. The first-order valence-corrected chi connectivity index (χ1v) is 12.8. The van der Waals surface area contributed by atoms with Gasteiger partial charge in [0.2, 0.25) is 0 Å². The molecule has 3 aromatic carbocycles. The molecule has 0 fully saturated rings. The Hall–Kier alpha value is -3.14. The molecule has 0 unspecified atom stereocenters. The van der Waals surface area contributed by atoms with Gasteiger partial charge in [0, 0.05) is 11.1 Å². The molecule has 3 aromatic rings. The van der Waals surface area contributed by atoms with Gasteiger partial charge in [0.25, 0.3) is 0 Å². The SMILES string of the molecule is Cc1cc(CCC(C)(C)c2cc(O)c(C(C)(C)CCc3cc(C)c(O)c(C)c3)cc2O)cc(C)c1O. The van der Waals surface area contributed by atoms with Crippen molar-refractivity contribution in [3.05, 3.63) is 80.9 Å². The van der Waals surface area contributed by atoms with E-state index in [2.05, 4.69) is 27.7 Å². The predicted octanol–water partition coefficient (Wildman–Crippen LogP) is 7.56. The van der Waals surface area contributed by atoms with E-state index in [0.29, 0.717) is 11.5 Å². The fourth-order valence-corrected chi connectivity index (χ4v) is 5.22. The number of hydrogen-bond acceptors (Lipinski definition) is 4. The zero-order valence-electron chi connectivity index (χ0n) is 23.1. The molecule has 4 N–H and O–H groups in total. The molecule has 0 atom stereocenters. The third-order valence-corrected chi connectivity index (χ3v) is 7.75. The number of benzene rings is 3. The molecule has 0 aliphatic heterocycles. The summed E-state index contributed by atoms with van der Waals surface area (Å²) >= 11 is 0. The Kier molecular flexibility index (Phi) is 7.69. The summed E-state index contributed by atoms with van der Waals surface area (Å²) in [6.07, 6.45) is 3.17. The summed E-state index contributed by atoms with van der Waals surface area (Å²) in [5.41, 5.74) is 6.53. The first-order valence-electron chi connectivity index (χ1n) is 12.8. The lowest BCUT2D eigenvalue weighted by molar-refractivity contribution is 0.392. The van der Waals surface area contributed by atoms with E-state index in [1.54, 1.807) is 12.1 Å². The number of aryl methyl sites for hydroxylation is 6. The Balaban J connectivity index is 1.80. The number of phenolic OH excluding ortho intramolecular Hbond substituents is 4. The van der Waals surface area contributed by atoms with Crippen molar-refractivity contribution in [3.8, 4) is 23.0 Å². The first kappa shape index (κ1) is 27.4. The van der Waals surface area contributed by atoms with Crippen LogP contribution in [0.3, 0.4) is 0 Å². The van der Waals surface area contributed by atoms with Gasteiger partial charge in [0.1, 0.15) is 23.0 Å². The lowest BCUT2D eigenvalue weighted by Crippen LogP contribution is -2.21. The van der Waals surface area contributed by atoms with Crippen LogP contribution < -0.4 is 0 Å². The molecule has 0 saturated heterocycles. The van der Waals surface area contributed by atoms with E-state index in [4.69, 9.17) is 0 Å². The second-order valence-corrected chi connectivity index (χ2v) is 11.8. The molecule has 0 spiro atoms. The Morgan fingerprint density at radius 1 is 0.500 bits per heavy atom. The van der Waals surface area contributed by atoms with Crippen LogP contribution >= 0.6 is 0 Å². The topological polar surface area (TPSA) is 80.9 Å². The van der Waals surface area contributed by atoms with Gasteiger partial charge in [-0.05, 0) is 110 Å². The molecular formula is C32H42O4. The van der Waals surface area contributed by atoms with Crippen LogP contribution in [0.15, 0.2) is 36.4 Å². The Labute approximate surface area is 216 Å². The van der Waals surface area contributed by atoms with Gasteiger partial charge in [0.15, 0.2) is 0 Å². The van der Waals surface area contributed by atoms with Crippen LogP contribution in [-0.4, -0.2) is 20.4 Å². The minimum atomic E-state index is -0.356. The van der Waals surface area contributed by atoms with Crippen LogP contribution in [0.25, 0.3) is 0 Å². The monoisotopic (exact) mass is 490 g/mol. The zero-order valence-corrected chi connectivity index (χ0v) is 23.1. The van der Waals surface area contributed by atoms with Crippen molar-refractivity contribution in [2.75, 3.05) is 0 Å². The summed E-state index contributed by atoms with van der Waals surface area (Å²) < 4.78 is 0. The van der Waals surface area contributed by atoms with Crippen molar-refractivity contribution in [2.45, 2.75) is 91.9 Å². The van der Waals surface area contributed by atoms with Gasteiger partial charge in [-0.3, -0.25) is 0 Å². The smallest absolute Gasteiger partial charge is 0.121 e. The van der Waals surface area contributed by atoms with Crippen molar-refractivity contribution in [1.82, 2.24) is 0 Å². The molecule has 4 nitrogen and oxygen atoms in total. The molecule has 0 heterocycles. The maximum atomic E-state index is 11.1. The van der Waals surface area contributed by atoms with E-state index in [1.165, 1.54) is 0 Å². The standard InChI is InChI=1S/C32H42O4/c1-19-13-23(14-20(2)29(19)35)9-11-31(5,6)25-17-28(34)26(18-27(25)33)32(7,8)12-10-24-15-21(3)30(36)22(4)16-24/h13-18,33-36H,9-12H2,1-8H3. The van der Waals surface area contributed by atoms with E-state index in [-0.39, 0.29) is 22.3 Å². The molecule has 0 aliphatic carbocycles. The Morgan fingerprint density at radius 3 is 1.06 bits per heavy atom. The molecule has 4 heteroatoms. The average Bonchev–Trinajstić information content (AvgIpc) is 2.79. The highest BCUT2D eigenvalue weighted by molar-refractivity contribution is 5.51. The number of phenols is 4. The fraction of sp³-hybridized carbons (Fsp3) is 0.438. The minimum Gasteiger partial charge on any atom is -0.508 e.